The van der Waals surface area contributed by atoms with Crippen molar-refractivity contribution in [3.05, 3.63) is 36.0 Å². The number of hydrogen-bond donors (Lipinski definition) is 2. The van der Waals surface area contributed by atoms with Crippen molar-refractivity contribution in [3.63, 3.8) is 0 Å². The van der Waals surface area contributed by atoms with Gasteiger partial charge >= 0.3 is 0 Å². The smallest absolute Gasteiger partial charge is 0.251 e. The fourth-order valence-electron chi connectivity index (χ4n) is 2.68. The van der Waals surface area contributed by atoms with Crippen LogP contribution in [0, 0.1) is 17.2 Å². The van der Waals surface area contributed by atoms with Crippen LogP contribution in [0.1, 0.15) is 30.6 Å². The molecule has 2 rings (SSSR count). The van der Waals surface area contributed by atoms with E-state index < -0.39 is 17.4 Å². The number of rotatable bonds is 7. The molecule has 2 N–H and O–H groups in total. The molecule has 138 valence electrons. The van der Waals surface area contributed by atoms with Crippen molar-refractivity contribution in [2.24, 2.45) is 5.92 Å². The van der Waals surface area contributed by atoms with Crippen molar-refractivity contribution < 1.29 is 14.1 Å². The number of nitrogens with zero attached hydrogens (tertiary/aromatic N) is 2. The molecule has 2 unspecified atom stereocenters. The van der Waals surface area contributed by atoms with Gasteiger partial charge in [0.1, 0.15) is 18.8 Å². The highest BCUT2D eigenvalue weighted by Crippen LogP contribution is 2.19. The van der Waals surface area contributed by atoms with Crippen LogP contribution in [-0.2, 0) is 16.2 Å². The molecule has 0 bridgehead atoms. The van der Waals surface area contributed by atoms with Crippen LogP contribution in [0.3, 0.4) is 0 Å². The van der Waals surface area contributed by atoms with Crippen molar-refractivity contribution in [2.75, 3.05) is 12.8 Å². The number of benzene rings is 1. The third-order valence-corrected chi connectivity index (χ3v) is 4.74. The highest BCUT2D eigenvalue weighted by Gasteiger charge is 2.22. The summed E-state index contributed by atoms with van der Waals surface area (Å²) in [5.41, 5.74) is 1.19. The van der Waals surface area contributed by atoms with Crippen LogP contribution in [0.15, 0.2) is 30.5 Å². The van der Waals surface area contributed by atoms with Crippen LogP contribution in [0.4, 0.5) is 0 Å². The topological polar surface area (TPSA) is 110 Å². The maximum atomic E-state index is 12.6. The largest absolute Gasteiger partial charge is 0.593 e. The lowest BCUT2D eigenvalue weighted by Gasteiger charge is -2.19. The minimum absolute atomic E-state index is 0.100. The van der Waals surface area contributed by atoms with E-state index in [0.717, 1.165) is 10.9 Å². The predicted molar refractivity (Wildman–Crippen MR) is 101 cm³/mol. The fourth-order valence-corrected chi connectivity index (χ4v) is 3.35. The zero-order valence-electron chi connectivity index (χ0n) is 15.0. The van der Waals surface area contributed by atoms with E-state index in [1.807, 2.05) is 19.9 Å². The number of hydrogen-bond acceptors (Lipinski definition) is 4. The van der Waals surface area contributed by atoms with Gasteiger partial charge in [-0.3, -0.25) is 9.59 Å². The van der Waals surface area contributed by atoms with Gasteiger partial charge < -0.3 is 15.2 Å². The fraction of sp³-hybridized carbons (Fsp3) is 0.389. The quantitative estimate of drug-likeness (QED) is 0.566. The molecule has 0 saturated heterocycles. The molecule has 0 aliphatic carbocycles. The lowest BCUT2D eigenvalue weighted by atomic mass is 10.0. The maximum Gasteiger partial charge on any atom is 0.251 e. The molecular formula is C18H22N4O3S. The number of carbonyl (C=O) groups is 2. The van der Waals surface area contributed by atoms with Crippen LogP contribution in [0.5, 0.6) is 0 Å². The van der Waals surface area contributed by atoms with Gasteiger partial charge in [-0.2, -0.15) is 9.23 Å². The molecule has 7 nitrogen and oxygen atoms in total. The van der Waals surface area contributed by atoms with Gasteiger partial charge in [0.25, 0.3) is 5.91 Å². The second kappa shape index (κ2) is 8.74. The zero-order valence-corrected chi connectivity index (χ0v) is 15.8. The Bertz CT molecular complexity index is 839. The van der Waals surface area contributed by atoms with Gasteiger partial charge in [-0.15, -0.1) is 0 Å². The summed E-state index contributed by atoms with van der Waals surface area (Å²) in [5, 5.41) is 14.6. The number of nitrogens with one attached hydrogen (secondary N) is 2. The van der Waals surface area contributed by atoms with Crippen LogP contribution in [-0.4, -0.2) is 39.2 Å². The Morgan fingerprint density at radius 1 is 1.35 bits per heavy atom. The number of aromatic nitrogens is 1. The number of amides is 2. The molecule has 1 aromatic carbocycles. The molecule has 0 spiro atoms. The van der Waals surface area contributed by atoms with Crippen molar-refractivity contribution in [1.82, 2.24) is 14.6 Å². The highest BCUT2D eigenvalue weighted by molar-refractivity contribution is 7.89. The van der Waals surface area contributed by atoms with Gasteiger partial charge in [-0.25, -0.2) is 0 Å². The predicted octanol–water partition coefficient (Wildman–Crippen LogP) is 1.57. The Labute approximate surface area is 155 Å². The van der Waals surface area contributed by atoms with Crippen LogP contribution < -0.4 is 10.6 Å². The molecule has 0 aliphatic heterocycles. The van der Waals surface area contributed by atoms with E-state index in [1.165, 1.54) is 0 Å². The lowest BCUT2D eigenvalue weighted by Crippen LogP contribution is -2.47. The first-order valence-electron chi connectivity index (χ1n) is 8.24. The van der Waals surface area contributed by atoms with E-state index in [-0.39, 0.29) is 24.3 Å². The van der Waals surface area contributed by atoms with Gasteiger partial charge in [-0.05, 0) is 36.6 Å². The third-order valence-electron chi connectivity index (χ3n) is 3.86. The molecule has 0 saturated carbocycles. The molecular weight excluding hydrogens is 352 g/mol. The highest BCUT2D eigenvalue weighted by atomic mass is 32.2. The Kier molecular flexibility index (Phi) is 6.66. The third kappa shape index (κ3) is 4.77. The molecule has 0 aliphatic rings. The number of nitriles is 1. The van der Waals surface area contributed by atoms with Gasteiger partial charge in [0, 0.05) is 10.9 Å². The Hall–Kier alpha value is -2.50. The summed E-state index contributed by atoms with van der Waals surface area (Å²) in [5.74, 6) is -0.540. The van der Waals surface area contributed by atoms with Crippen molar-refractivity contribution in [3.8, 4) is 6.07 Å². The molecule has 2 amide bonds. The van der Waals surface area contributed by atoms with Crippen molar-refractivity contribution in [2.45, 2.75) is 26.3 Å². The minimum Gasteiger partial charge on any atom is -0.593 e. The summed E-state index contributed by atoms with van der Waals surface area (Å²) >= 11 is -1.18. The molecule has 0 radical (unpaired) electrons. The first-order chi connectivity index (χ1) is 12.3. The van der Waals surface area contributed by atoms with E-state index in [0.29, 0.717) is 12.0 Å². The summed E-state index contributed by atoms with van der Waals surface area (Å²) in [6.07, 6.45) is 3.76. The Balaban J connectivity index is 2.19. The van der Waals surface area contributed by atoms with Gasteiger partial charge in [0.15, 0.2) is 0 Å². The van der Waals surface area contributed by atoms with Crippen LogP contribution in [0.25, 0.3) is 10.9 Å². The molecule has 1 heterocycles. The summed E-state index contributed by atoms with van der Waals surface area (Å²) in [7, 11) is 0. The molecule has 8 heteroatoms. The van der Waals surface area contributed by atoms with Crippen LogP contribution in [0.2, 0.25) is 0 Å². The van der Waals surface area contributed by atoms with E-state index in [2.05, 4.69) is 10.6 Å². The van der Waals surface area contributed by atoms with Gasteiger partial charge in [0.2, 0.25) is 5.91 Å². The van der Waals surface area contributed by atoms with Gasteiger partial charge in [-0.1, -0.05) is 13.8 Å². The lowest BCUT2D eigenvalue weighted by molar-refractivity contribution is -0.123. The molecule has 0 fully saturated rings. The van der Waals surface area contributed by atoms with E-state index in [4.69, 9.17) is 5.26 Å². The second-order valence-corrected chi connectivity index (χ2v) is 7.61. The maximum absolute atomic E-state index is 12.6. The molecule has 1 aromatic heterocycles. The minimum atomic E-state index is -1.18. The van der Waals surface area contributed by atoms with Crippen LogP contribution >= 0.6 is 0 Å². The molecule has 2 atom stereocenters. The normalized spacial score (nSPS) is 13.2. The first kappa shape index (κ1) is 19.8. The molecule has 26 heavy (non-hydrogen) atoms. The summed E-state index contributed by atoms with van der Waals surface area (Å²) < 4.78 is 13.3. The standard InChI is InChI=1S/C18H22N4O3S/c1-12(2)10-15(18(24)20-8-7-19)21-17(23)14-4-5-16-13(11-14)6-9-22(16)26(3)25/h4-6,9,11-12,15H,8,10H2,1-3H3,(H,20,24)(H,21,23). The average molecular weight is 374 g/mol. The SMILES string of the molecule is CC(C)CC(NC(=O)c1ccc2c(ccn2[S+](C)[O-])c1)C(=O)NCC#N. The van der Waals surface area contributed by atoms with Gasteiger partial charge in [0.05, 0.1) is 29.1 Å². The zero-order chi connectivity index (χ0) is 19.3. The van der Waals surface area contributed by atoms with E-state index >= 15 is 0 Å². The van der Waals surface area contributed by atoms with Crippen molar-refractivity contribution in [1.29, 1.82) is 5.26 Å². The number of fused-ring (bicyclic) bond motifs is 1. The van der Waals surface area contributed by atoms with E-state index in [9.17, 15) is 14.1 Å². The first-order valence-corrected chi connectivity index (χ1v) is 9.75. The monoisotopic (exact) mass is 374 g/mol. The average Bonchev–Trinajstić information content (AvgIpc) is 3.01. The van der Waals surface area contributed by atoms with E-state index in [1.54, 1.807) is 40.7 Å². The summed E-state index contributed by atoms with van der Waals surface area (Å²) in [6.45, 7) is 3.81. The number of carbonyl (C=O) groups excluding carboxylic acids is 2. The summed E-state index contributed by atoms with van der Waals surface area (Å²) in [4.78, 5) is 24.8. The Morgan fingerprint density at radius 3 is 2.69 bits per heavy atom. The molecule has 2 aromatic rings. The Morgan fingerprint density at radius 2 is 2.08 bits per heavy atom. The summed E-state index contributed by atoms with van der Waals surface area (Å²) in [6, 6.07) is 8.01. The second-order valence-electron chi connectivity index (χ2n) is 6.37. The van der Waals surface area contributed by atoms with Crippen molar-refractivity contribution >= 4 is 34.1 Å².